The molecule has 0 spiro atoms. The van der Waals surface area contributed by atoms with Gasteiger partial charge in [-0.25, -0.2) is 0 Å². The fourth-order valence-electron chi connectivity index (χ4n) is 3.15. The smallest absolute Gasteiger partial charge is 0.0699 e. The van der Waals surface area contributed by atoms with E-state index < -0.39 is 0 Å². The van der Waals surface area contributed by atoms with Gasteiger partial charge in [0.05, 0.1) is 15.5 Å². The molecule has 2 heterocycles. The van der Waals surface area contributed by atoms with Gasteiger partial charge in [0, 0.05) is 0 Å². The molecule has 2 aliphatic rings. The van der Waals surface area contributed by atoms with Gasteiger partial charge in [0.25, 0.3) is 0 Å². The molecule has 0 atom stereocenters. The summed E-state index contributed by atoms with van der Waals surface area (Å²) in [6.45, 7) is 9.27. The van der Waals surface area contributed by atoms with E-state index in [0.717, 1.165) is 0 Å². The highest BCUT2D eigenvalue weighted by Crippen LogP contribution is 2.26. The fourth-order valence-corrected chi connectivity index (χ4v) is 4.05. The minimum Gasteiger partial charge on any atom is -0.286 e. The van der Waals surface area contributed by atoms with Crippen molar-refractivity contribution in [1.82, 2.24) is 9.80 Å². The van der Waals surface area contributed by atoms with Crippen molar-refractivity contribution in [3.05, 3.63) is 12.7 Å². The third-order valence-electron chi connectivity index (χ3n) is 4.38. The maximum absolute atomic E-state index is 4.13. The van der Waals surface area contributed by atoms with Crippen LogP contribution in [0.15, 0.2) is 12.7 Å². The highest BCUT2D eigenvalue weighted by Gasteiger charge is 2.35. The van der Waals surface area contributed by atoms with Crippen molar-refractivity contribution in [2.45, 2.75) is 43.8 Å². The first-order valence-electron chi connectivity index (χ1n) is 6.91. The molecular formula is C13H26N2Si. The summed E-state index contributed by atoms with van der Waals surface area (Å²) in [5.74, 6) is 0. The van der Waals surface area contributed by atoms with Crippen LogP contribution in [0.5, 0.6) is 0 Å². The van der Waals surface area contributed by atoms with Crippen molar-refractivity contribution in [1.29, 1.82) is 0 Å². The van der Waals surface area contributed by atoms with Gasteiger partial charge < -0.3 is 0 Å². The summed E-state index contributed by atoms with van der Waals surface area (Å²) in [5, 5.41) is 0.251. The van der Waals surface area contributed by atoms with Crippen molar-refractivity contribution in [2.24, 2.45) is 0 Å². The molecule has 2 nitrogen and oxygen atoms in total. The normalized spacial score (nSPS) is 25.8. The second-order valence-electron chi connectivity index (χ2n) is 5.39. The number of hydrogen-bond acceptors (Lipinski definition) is 2. The van der Waals surface area contributed by atoms with Crippen LogP contribution in [0.1, 0.15) is 38.5 Å². The van der Waals surface area contributed by atoms with E-state index >= 15 is 0 Å². The summed E-state index contributed by atoms with van der Waals surface area (Å²) < 4.78 is 0. The molecule has 3 heteroatoms. The Hall–Kier alpha value is -0.123. The molecule has 0 bridgehead atoms. The van der Waals surface area contributed by atoms with Gasteiger partial charge in [-0.2, -0.15) is 0 Å². The van der Waals surface area contributed by atoms with Gasteiger partial charge in [-0.1, -0.05) is 18.9 Å². The van der Waals surface area contributed by atoms with Crippen LogP contribution in [-0.2, 0) is 0 Å². The summed E-state index contributed by atoms with van der Waals surface area (Å²) in [7, 11) is 1.18. The van der Waals surface area contributed by atoms with E-state index in [0.29, 0.717) is 0 Å². The summed E-state index contributed by atoms with van der Waals surface area (Å²) in [5.41, 5.74) is 0. The van der Waals surface area contributed by atoms with E-state index in [-0.39, 0.29) is 5.29 Å². The van der Waals surface area contributed by atoms with Crippen LogP contribution in [0.4, 0.5) is 0 Å². The minimum absolute atomic E-state index is 0.251. The highest BCUT2D eigenvalue weighted by molar-refractivity contribution is 6.16. The largest absolute Gasteiger partial charge is 0.286 e. The molecule has 0 N–H and O–H groups in total. The van der Waals surface area contributed by atoms with Crippen LogP contribution >= 0.6 is 0 Å². The maximum Gasteiger partial charge on any atom is 0.0699 e. The van der Waals surface area contributed by atoms with Gasteiger partial charge >= 0.3 is 0 Å². The average molecular weight is 238 g/mol. The Morgan fingerprint density at radius 2 is 1.19 bits per heavy atom. The molecule has 2 aliphatic heterocycles. The van der Waals surface area contributed by atoms with Crippen molar-refractivity contribution in [3.8, 4) is 0 Å². The van der Waals surface area contributed by atoms with Crippen LogP contribution in [-0.4, -0.2) is 51.5 Å². The first-order chi connectivity index (χ1) is 7.77. The molecule has 0 aliphatic carbocycles. The standard InChI is InChI=1S/C13H26N2Si/c1-2-13(16,14-9-5-3-6-10-14)15-11-7-4-8-12-15/h2H,1,3-12H2,16H3. The van der Waals surface area contributed by atoms with E-state index in [1.807, 2.05) is 0 Å². The molecule has 16 heavy (non-hydrogen) atoms. The number of nitrogens with zero attached hydrogens (tertiary/aromatic N) is 2. The molecule has 2 saturated heterocycles. The number of rotatable bonds is 3. The molecule has 92 valence electrons. The topological polar surface area (TPSA) is 6.48 Å². The van der Waals surface area contributed by atoms with Gasteiger partial charge in [-0.05, 0) is 51.9 Å². The Morgan fingerprint density at radius 3 is 1.50 bits per heavy atom. The Balaban J connectivity index is 2.06. The van der Waals surface area contributed by atoms with E-state index in [2.05, 4.69) is 22.5 Å². The van der Waals surface area contributed by atoms with E-state index in [1.54, 1.807) is 0 Å². The van der Waals surface area contributed by atoms with Crippen LogP contribution in [0.2, 0.25) is 0 Å². The molecule has 0 aromatic heterocycles. The predicted octanol–water partition coefficient (Wildman–Crippen LogP) is 1.16. The molecule has 0 radical (unpaired) electrons. The Morgan fingerprint density at radius 1 is 0.812 bits per heavy atom. The van der Waals surface area contributed by atoms with Crippen LogP contribution in [0, 0.1) is 0 Å². The first-order valence-corrected chi connectivity index (χ1v) is 7.91. The number of likely N-dealkylation sites (tertiary alicyclic amines) is 2. The Kier molecular flexibility index (Phi) is 4.22. The van der Waals surface area contributed by atoms with Crippen molar-refractivity contribution in [3.63, 3.8) is 0 Å². The molecule has 0 amide bonds. The lowest BCUT2D eigenvalue weighted by molar-refractivity contribution is 0.0163. The lowest BCUT2D eigenvalue weighted by Gasteiger charge is -2.50. The van der Waals surface area contributed by atoms with Crippen LogP contribution in [0.3, 0.4) is 0 Å². The second kappa shape index (κ2) is 5.47. The summed E-state index contributed by atoms with van der Waals surface area (Å²) in [6.07, 6.45) is 10.6. The molecule has 0 unspecified atom stereocenters. The van der Waals surface area contributed by atoms with E-state index in [9.17, 15) is 0 Å². The van der Waals surface area contributed by atoms with Crippen molar-refractivity contribution >= 4 is 10.2 Å². The monoisotopic (exact) mass is 238 g/mol. The molecule has 0 aromatic rings. The molecule has 0 aromatic carbocycles. The van der Waals surface area contributed by atoms with Gasteiger partial charge in [-0.3, -0.25) is 9.80 Å². The summed E-state index contributed by atoms with van der Waals surface area (Å²) in [4.78, 5) is 5.39. The SMILES string of the molecule is C=CC([SiH3])(N1CCCCC1)N1CCCCC1. The number of piperidine rings is 2. The zero-order chi connectivity index (χ0) is 11.4. The van der Waals surface area contributed by atoms with Gasteiger partial charge in [0.2, 0.25) is 0 Å². The first kappa shape index (κ1) is 12.3. The van der Waals surface area contributed by atoms with Crippen LogP contribution in [0.25, 0.3) is 0 Å². The molecule has 2 rings (SSSR count). The van der Waals surface area contributed by atoms with Gasteiger partial charge in [-0.15, -0.1) is 6.58 Å². The highest BCUT2D eigenvalue weighted by atomic mass is 28.1. The Bertz CT molecular complexity index is 212. The van der Waals surface area contributed by atoms with Crippen molar-refractivity contribution < 1.29 is 0 Å². The third kappa shape index (κ3) is 2.41. The fraction of sp³-hybridized carbons (Fsp3) is 0.846. The predicted molar refractivity (Wildman–Crippen MR) is 73.7 cm³/mol. The second-order valence-corrected chi connectivity index (χ2v) is 6.87. The number of hydrogen-bond donors (Lipinski definition) is 0. The zero-order valence-electron chi connectivity index (χ0n) is 10.7. The molecule has 2 fully saturated rings. The van der Waals surface area contributed by atoms with E-state index in [4.69, 9.17) is 0 Å². The minimum atomic E-state index is 0.251. The summed E-state index contributed by atoms with van der Waals surface area (Å²) in [6, 6.07) is 0. The van der Waals surface area contributed by atoms with Crippen LogP contribution < -0.4 is 0 Å². The van der Waals surface area contributed by atoms with Gasteiger partial charge in [0.15, 0.2) is 0 Å². The van der Waals surface area contributed by atoms with E-state index in [1.165, 1.54) is 74.9 Å². The summed E-state index contributed by atoms with van der Waals surface area (Å²) >= 11 is 0. The lowest BCUT2D eigenvalue weighted by Crippen LogP contribution is -2.62. The lowest BCUT2D eigenvalue weighted by atomic mass is 10.1. The quantitative estimate of drug-likeness (QED) is 0.538. The molecular weight excluding hydrogens is 212 g/mol. The zero-order valence-corrected chi connectivity index (χ0v) is 12.7. The third-order valence-corrected chi connectivity index (χ3v) is 6.05. The Labute approximate surface area is 103 Å². The van der Waals surface area contributed by atoms with Crippen molar-refractivity contribution in [2.75, 3.05) is 26.2 Å². The van der Waals surface area contributed by atoms with Gasteiger partial charge in [0.1, 0.15) is 0 Å². The average Bonchev–Trinajstić information content (AvgIpc) is 2.40. The maximum atomic E-state index is 4.13. The molecule has 0 saturated carbocycles.